The van der Waals surface area contributed by atoms with Crippen LogP contribution in [0.1, 0.15) is 148 Å². The highest BCUT2D eigenvalue weighted by molar-refractivity contribution is 6.36. The van der Waals surface area contributed by atoms with E-state index in [1.807, 2.05) is 0 Å². The molecular formula is C48H56Si. The average Bonchev–Trinajstić information content (AvgIpc) is 3.73. The van der Waals surface area contributed by atoms with Crippen LogP contribution in [-0.4, -0.2) is 9.52 Å². The maximum Gasteiger partial charge on any atom is 0.0218 e. The highest BCUT2D eigenvalue weighted by Crippen LogP contribution is 2.47. The monoisotopic (exact) mass is 660 g/mol. The minimum Gasteiger partial charge on any atom is -0.0626 e. The first-order valence-corrected chi connectivity index (χ1v) is 22.1. The first-order valence-electron chi connectivity index (χ1n) is 20.1. The van der Waals surface area contributed by atoms with E-state index in [0.717, 1.165) is 24.7 Å². The van der Waals surface area contributed by atoms with Gasteiger partial charge < -0.3 is 0 Å². The summed E-state index contributed by atoms with van der Waals surface area (Å²) >= 11 is 0. The van der Waals surface area contributed by atoms with E-state index >= 15 is 0 Å². The van der Waals surface area contributed by atoms with Crippen LogP contribution in [0.15, 0.2) is 96.1 Å². The summed E-state index contributed by atoms with van der Waals surface area (Å²) in [4.78, 5) is 0. The van der Waals surface area contributed by atoms with E-state index in [1.54, 1.807) is 33.4 Å². The summed E-state index contributed by atoms with van der Waals surface area (Å²) in [5.41, 5.74) is 18.3. The van der Waals surface area contributed by atoms with Crippen LogP contribution in [0.3, 0.4) is 0 Å². The second-order valence-electron chi connectivity index (χ2n) is 15.7. The van der Waals surface area contributed by atoms with Crippen molar-refractivity contribution >= 4 is 21.7 Å². The third-order valence-corrected chi connectivity index (χ3v) is 15.0. The second kappa shape index (κ2) is 14.8. The predicted molar refractivity (Wildman–Crippen MR) is 216 cm³/mol. The van der Waals surface area contributed by atoms with Crippen molar-refractivity contribution < 1.29 is 0 Å². The molecule has 4 aliphatic rings. The normalized spacial score (nSPS) is 21.2. The van der Waals surface area contributed by atoms with Gasteiger partial charge in [-0.05, 0) is 106 Å². The molecule has 4 aliphatic carbocycles. The van der Waals surface area contributed by atoms with Gasteiger partial charge in [0.15, 0.2) is 0 Å². The number of fused-ring (bicyclic) bond motifs is 2. The van der Waals surface area contributed by atoms with Gasteiger partial charge in [0.2, 0.25) is 0 Å². The van der Waals surface area contributed by atoms with E-state index in [9.17, 15) is 0 Å². The average molecular weight is 661 g/mol. The van der Waals surface area contributed by atoms with Crippen molar-refractivity contribution in [2.24, 2.45) is 0 Å². The lowest BCUT2D eigenvalue weighted by Gasteiger charge is -2.22. The molecule has 0 aliphatic heterocycles. The van der Waals surface area contributed by atoms with Gasteiger partial charge in [-0.2, -0.15) is 0 Å². The molecule has 1 heteroatoms. The van der Waals surface area contributed by atoms with Gasteiger partial charge in [-0.15, -0.1) is 0 Å². The van der Waals surface area contributed by atoms with Crippen molar-refractivity contribution in [3.8, 4) is 22.3 Å². The van der Waals surface area contributed by atoms with Gasteiger partial charge in [-0.1, -0.05) is 173 Å². The Bertz CT molecular complexity index is 1670. The van der Waals surface area contributed by atoms with Crippen molar-refractivity contribution in [1.82, 2.24) is 0 Å². The van der Waals surface area contributed by atoms with Gasteiger partial charge in [0.1, 0.15) is 0 Å². The molecule has 2 fully saturated rings. The van der Waals surface area contributed by atoms with Crippen molar-refractivity contribution in [3.63, 3.8) is 0 Å². The molecule has 0 saturated heterocycles. The van der Waals surface area contributed by atoms with Gasteiger partial charge >= 0.3 is 0 Å². The number of hydrogen-bond donors (Lipinski definition) is 0. The summed E-state index contributed by atoms with van der Waals surface area (Å²) in [5.74, 6) is 2.75. The van der Waals surface area contributed by atoms with Gasteiger partial charge in [-0.25, -0.2) is 0 Å². The lowest BCUT2D eigenvalue weighted by molar-refractivity contribution is 0.443. The number of rotatable bonds is 10. The quantitative estimate of drug-likeness (QED) is 0.149. The third-order valence-electron chi connectivity index (χ3n) is 13.0. The Morgan fingerprint density at radius 2 is 0.898 bits per heavy atom. The smallest absolute Gasteiger partial charge is 0.0218 e. The molecule has 8 rings (SSSR count). The van der Waals surface area contributed by atoms with Gasteiger partial charge in [0.25, 0.3) is 0 Å². The number of benzene rings is 4. The molecule has 0 amide bonds. The fourth-order valence-corrected chi connectivity index (χ4v) is 12.6. The van der Waals surface area contributed by atoms with Crippen LogP contribution in [0.5, 0.6) is 0 Å². The molecule has 2 unspecified atom stereocenters. The van der Waals surface area contributed by atoms with Crippen LogP contribution in [-0.2, 0) is 0 Å². The van der Waals surface area contributed by atoms with Gasteiger partial charge in [0, 0.05) is 21.4 Å². The van der Waals surface area contributed by atoms with E-state index in [2.05, 4.69) is 111 Å². The predicted octanol–water partition coefficient (Wildman–Crippen LogP) is 13.6. The van der Waals surface area contributed by atoms with E-state index in [1.165, 1.54) is 110 Å². The van der Waals surface area contributed by atoms with Crippen LogP contribution in [0.4, 0.5) is 0 Å². The first kappa shape index (κ1) is 32.8. The minimum atomic E-state index is -0.275. The molecule has 4 aromatic carbocycles. The Hall–Kier alpha value is -3.42. The van der Waals surface area contributed by atoms with Crippen LogP contribution < -0.4 is 0 Å². The molecule has 252 valence electrons. The zero-order valence-corrected chi connectivity index (χ0v) is 31.6. The Balaban J connectivity index is 0.978. The molecule has 0 N–H and O–H groups in total. The van der Waals surface area contributed by atoms with E-state index in [-0.39, 0.29) is 9.52 Å². The fourth-order valence-electron chi connectivity index (χ4n) is 10.2. The topological polar surface area (TPSA) is 0 Å². The number of hydrogen-bond acceptors (Lipinski definition) is 0. The SMILES string of the molecule is CCC1=Cc2c(-c3ccc(C4CCCCC4)cc3)cccc2C1C[SiH2]CC1C(CC)=Cc2c(-c3ccc(C4CCCCC4)cc3)cccc21. The lowest BCUT2D eigenvalue weighted by atomic mass is 9.83. The minimum absolute atomic E-state index is 0.275. The van der Waals surface area contributed by atoms with Crippen molar-refractivity contribution in [2.75, 3.05) is 0 Å². The van der Waals surface area contributed by atoms with Gasteiger partial charge in [0.05, 0.1) is 0 Å². The molecule has 49 heavy (non-hydrogen) atoms. The first-order chi connectivity index (χ1) is 24.2. The number of allylic oxidation sites excluding steroid dienone is 2. The Morgan fingerprint density at radius 1 is 0.490 bits per heavy atom. The molecule has 0 nitrogen and oxygen atoms in total. The zero-order chi connectivity index (χ0) is 33.2. The highest BCUT2D eigenvalue weighted by atomic mass is 28.2. The molecule has 4 aromatic rings. The second-order valence-corrected chi connectivity index (χ2v) is 17.6. The Morgan fingerprint density at radius 3 is 1.29 bits per heavy atom. The van der Waals surface area contributed by atoms with Crippen LogP contribution in [0.2, 0.25) is 12.1 Å². The molecular weight excluding hydrogens is 605 g/mol. The Labute approximate surface area is 299 Å². The summed E-state index contributed by atoms with van der Waals surface area (Å²) in [6.07, 6.45) is 21.3. The summed E-state index contributed by atoms with van der Waals surface area (Å²) in [6, 6.07) is 36.4. The van der Waals surface area contributed by atoms with Crippen molar-refractivity contribution in [2.45, 2.75) is 127 Å². The molecule has 0 heterocycles. The van der Waals surface area contributed by atoms with E-state index < -0.39 is 0 Å². The molecule has 2 atom stereocenters. The molecule has 0 spiro atoms. The standard InChI is InChI=1S/C48H56Si/c1-3-33-29-45-41(39-25-21-37(22-26-39)35-13-7-5-8-14-35)17-11-19-43(45)47(33)31-49-32-48-34(4-2)30-46-42(18-12-20-44(46)48)40-27-23-38(24-28-40)36-15-9-6-10-16-36/h11-12,17-30,35-36,47-48H,3-10,13-16,31-32,49H2,1-2H3. The molecule has 2 saturated carbocycles. The maximum absolute atomic E-state index is 2.58. The zero-order valence-electron chi connectivity index (χ0n) is 30.2. The third kappa shape index (κ3) is 6.61. The maximum atomic E-state index is 2.58. The largest absolute Gasteiger partial charge is 0.0626 e. The van der Waals surface area contributed by atoms with Gasteiger partial charge in [-0.3, -0.25) is 0 Å². The summed E-state index contributed by atoms with van der Waals surface area (Å²) in [7, 11) is -0.275. The van der Waals surface area contributed by atoms with E-state index in [0.29, 0.717) is 11.8 Å². The van der Waals surface area contributed by atoms with E-state index in [4.69, 9.17) is 0 Å². The summed E-state index contributed by atoms with van der Waals surface area (Å²) < 4.78 is 0. The lowest BCUT2D eigenvalue weighted by Crippen LogP contribution is -2.08. The van der Waals surface area contributed by atoms with Crippen LogP contribution >= 0.6 is 0 Å². The fraction of sp³-hybridized carbons (Fsp3) is 0.417. The van der Waals surface area contributed by atoms with Crippen LogP contribution in [0.25, 0.3) is 34.4 Å². The highest BCUT2D eigenvalue weighted by Gasteiger charge is 2.29. The molecule has 0 radical (unpaired) electrons. The van der Waals surface area contributed by atoms with Crippen LogP contribution in [0, 0.1) is 0 Å². The molecule has 0 aromatic heterocycles. The molecule has 0 bridgehead atoms. The Kier molecular flexibility index (Phi) is 9.91. The van der Waals surface area contributed by atoms with Crippen molar-refractivity contribution in [1.29, 1.82) is 0 Å². The summed E-state index contributed by atoms with van der Waals surface area (Å²) in [5, 5.41) is 0. The summed E-state index contributed by atoms with van der Waals surface area (Å²) in [6.45, 7) is 4.75. The van der Waals surface area contributed by atoms with Crippen molar-refractivity contribution in [3.05, 3.63) is 129 Å².